The van der Waals surface area contributed by atoms with E-state index in [0.29, 0.717) is 11.3 Å². The van der Waals surface area contributed by atoms with E-state index in [1.165, 1.54) is 25.3 Å². The highest BCUT2D eigenvalue weighted by molar-refractivity contribution is 6.21. The number of hydrogen-bond donors (Lipinski definition) is 0. The number of alkyl halides is 1. The lowest BCUT2D eigenvalue weighted by atomic mass is 10.0. The Bertz CT molecular complexity index is 663. The van der Waals surface area contributed by atoms with E-state index in [0.717, 1.165) is 0 Å². The van der Waals surface area contributed by atoms with Gasteiger partial charge in [-0.3, -0.25) is 10.1 Å². The second-order valence-electron chi connectivity index (χ2n) is 4.44. The van der Waals surface area contributed by atoms with Crippen LogP contribution in [0.15, 0.2) is 42.5 Å². The third-order valence-corrected chi connectivity index (χ3v) is 3.52. The van der Waals surface area contributed by atoms with E-state index in [-0.39, 0.29) is 17.7 Å². The Hall–Kier alpha value is -2.14. The van der Waals surface area contributed by atoms with E-state index in [4.69, 9.17) is 16.3 Å². The van der Waals surface area contributed by atoms with Gasteiger partial charge in [0.25, 0.3) is 5.69 Å². The topological polar surface area (TPSA) is 52.4 Å². The van der Waals surface area contributed by atoms with Gasteiger partial charge < -0.3 is 4.74 Å². The summed E-state index contributed by atoms with van der Waals surface area (Å²) in [5, 5.41) is 10.3. The minimum Gasteiger partial charge on any atom is -0.497 e. The molecule has 0 aliphatic heterocycles. The molecule has 110 valence electrons. The van der Waals surface area contributed by atoms with Crippen molar-refractivity contribution < 1.29 is 14.1 Å². The van der Waals surface area contributed by atoms with Crippen molar-refractivity contribution in [3.8, 4) is 5.75 Å². The number of rotatable bonds is 5. The molecule has 0 fully saturated rings. The maximum absolute atomic E-state index is 14.0. The van der Waals surface area contributed by atoms with Crippen LogP contribution in [0.1, 0.15) is 16.5 Å². The van der Waals surface area contributed by atoms with Crippen LogP contribution in [0, 0.1) is 15.9 Å². The number of nitro benzene ring substituents is 1. The Morgan fingerprint density at radius 2 is 2.05 bits per heavy atom. The van der Waals surface area contributed by atoms with Gasteiger partial charge in [-0.2, -0.15) is 0 Å². The fourth-order valence-electron chi connectivity index (χ4n) is 2.05. The Morgan fingerprint density at radius 3 is 2.67 bits per heavy atom. The zero-order valence-electron chi connectivity index (χ0n) is 11.3. The highest BCUT2D eigenvalue weighted by Crippen LogP contribution is 2.31. The molecule has 0 aromatic heterocycles. The van der Waals surface area contributed by atoms with Crippen LogP contribution >= 0.6 is 11.6 Å². The van der Waals surface area contributed by atoms with E-state index in [2.05, 4.69) is 0 Å². The molecule has 1 atom stereocenters. The Balaban J connectivity index is 2.26. The van der Waals surface area contributed by atoms with Crippen molar-refractivity contribution in [3.63, 3.8) is 0 Å². The van der Waals surface area contributed by atoms with Gasteiger partial charge >= 0.3 is 0 Å². The van der Waals surface area contributed by atoms with Crippen LogP contribution in [0.5, 0.6) is 5.75 Å². The van der Waals surface area contributed by atoms with Gasteiger partial charge in [0.15, 0.2) is 0 Å². The van der Waals surface area contributed by atoms with Gasteiger partial charge in [-0.25, -0.2) is 4.39 Å². The first-order valence-corrected chi connectivity index (χ1v) is 6.66. The maximum atomic E-state index is 14.0. The molecule has 0 saturated carbocycles. The summed E-state index contributed by atoms with van der Waals surface area (Å²) in [5.74, 6) is -0.0984. The third kappa shape index (κ3) is 3.49. The van der Waals surface area contributed by atoms with Crippen LogP contribution in [0.2, 0.25) is 0 Å². The Labute approximate surface area is 126 Å². The molecule has 2 aromatic rings. The lowest BCUT2D eigenvalue weighted by Gasteiger charge is -2.12. The van der Waals surface area contributed by atoms with Crippen molar-refractivity contribution in [2.75, 3.05) is 7.11 Å². The van der Waals surface area contributed by atoms with Crippen molar-refractivity contribution in [1.29, 1.82) is 0 Å². The second-order valence-corrected chi connectivity index (χ2v) is 4.97. The van der Waals surface area contributed by atoms with Crippen molar-refractivity contribution in [2.24, 2.45) is 0 Å². The molecule has 0 N–H and O–H groups in total. The molecule has 2 rings (SSSR count). The molecule has 1 unspecified atom stereocenters. The van der Waals surface area contributed by atoms with E-state index >= 15 is 0 Å². The van der Waals surface area contributed by atoms with Crippen LogP contribution in [0.4, 0.5) is 10.1 Å². The SMILES string of the molecule is COc1ccc(C(Cl)Cc2ccccc2[N+](=O)[O-])c(F)c1. The second kappa shape index (κ2) is 6.54. The lowest BCUT2D eigenvalue weighted by molar-refractivity contribution is -0.385. The lowest BCUT2D eigenvalue weighted by Crippen LogP contribution is -2.02. The van der Waals surface area contributed by atoms with Crippen LogP contribution in [0.3, 0.4) is 0 Å². The Kier molecular flexibility index (Phi) is 4.75. The summed E-state index contributed by atoms with van der Waals surface area (Å²) in [6.07, 6.45) is 0.169. The van der Waals surface area contributed by atoms with Gasteiger partial charge in [0, 0.05) is 23.3 Å². The third-order valence-electron chi connectivity index (χ3n) is 3.13. The van der Waals surface area contributed by atoms with E-state index in [9.17, 15) is 14.5 Å². The number of nitro groups is 1. The number of halogens is 2. The summed E-state index contributed by atoms with van der Waals surface area (Å²) in [5.41, 5.74) is 0.741. The van der Waals surface area contributed by atoms with Crippen molar-refractivity contribution in [1.82, 2.24) is 0 Å². The molecule has 4 nitrogen and oxygen atoms in total. The van der Waals surface area contributed by atoms with Crippen LogP contribution in [-0.4, -0.2) is 12.0 Å². The average molecular weight is 310 g/mol. The number of para-hydroxylation sites is 1. The summed E-state index contributed by atoms with van der Waals surface area (Å²) >= 11 is 6.21. The van der Waals surface area contributed by atoms with Gasteiger partial charge in [0.05, 0.1) is 17.4 Å². The molecule has 6 heteroatoms. The van der Waals surface area contributed by atoms with E-state index in [1.807, 2.05) is 0 Å². The number of nitrogens with zero attached hydrogens (tertiary/aromatic N) is 1. The summed E-state index contributed by atoms with van der Waals surface area (Å²) in [4.78, 5) is 10.5. The highest BCUT2D eigenvalue weighted by Gasteiger charge is 2.19. The van der Waals surface area contributed by atoms with Crippen LogP contribution in [0.25, 0.3) is 0 Å². The first kappa shape index (κ1) is 15.3. The first-order valence-electron chi connectivity index (χ1n) is 6.22. The molecule has 2 aromatic carbocycles. The minimum atomic E-state index is -0.697. The molecule has 21 heavy (non-hydrogen) atoms. The predicted octanol–water partition coefficient (Wildman–Crippen LogP) is 4.27. The van der Waals surface area contributed by atoms with Gasteiger partial charge in [0.1, 0.15) is 11.6 Å². The zero-order chi connectivity index (χ0) is 15.4. The number of ether oxygens (including phenoxy) is 1. The molecule has 0 saturated heterocycles. The van der Waals surface area contributed by atoms with Crippen LogP contribution < -0.4 is 4.74 Å². The molecule has 0 amide bonds. The van der Waals surface area contributed by atoms with E-state index in [1.54, 1.807) is 24.3 Å². The smallest absolute Gasteiger partial charge is 0.272 e. The van der Waals surface area contributed by atoms with Crippen molar-refractivity contribution in [3.05, 3.63) is 69.5 Å². The molecule has 0 heterocycles. The number of hydrogen-bond acceptors (Lipinski definition) is 3. The van der Waals surface area contributed by atoms with Gasteiger partial charge in [-0.05, 0) is 12.5 Å². The minimum absolute atomic E-state index is 0.0166. The fraction of sp³-hybridized carbons (Fsp3) is 0.200. The van der Waals surface area contributed by atoms with Crippen LogP contribution in [-0.2, 0) is 6.42 Å². The predicted molar refractivity (Wildman–Crippen MR) is 78.3 cm³/mol. The van der Waals surface area contributed by atoms with Gasteiger partial charge in [0.2, 0.25) is 0 Å². The summed E-state index contributed by atoms with van der Waals surface area (Å²) in [6.45, 7) is 0. The monoisotopic (exact) mass is 309 g/mol. The molecule has 0 aliphatic rings. The number of benzene rings is 2. The summed E-state index contributed by atoms with van der Waals surface area (Å²) in [7, 11) is 1.44. The molecule has 0 aliphatic carbocycles. The Morgan fingerprint density at radius 1 is 1.33 bits per heavy atom. The fourth-order valence-corrected chi connectivity index (χ4v) is 2.40. The molecule has 0 radical (unpaired) electrons. The first-order chi connectivity index (χ1) is 10.0. The maximum Gasteiger partial charge on any atom is 0.272 e. The zero-order valence-corrected chi connectivity index (χ0v) is 12.0. The molecular formula is C15H13ClFNO3. The molecule has 0 bridgehead atoms. The standard InChI is InChI=1S/C15H13ClFNO3/c1-21-11-6-7-12(14(17)9-11)13(16)8-10-4-2-3-5-15(10)18(19)20/h2-7,9,13H,8H2,1H3. The number of methoxy groups -OCH3 is 1. The molecular weight excluding hydrogens is 297 g/mol. The summed E-state index contributed by atoms with van der Waals surface area (Å²) in [6, 6.07) is 10.7. The van der Waals surface area contributed by atoms with E-state index < -0.39 is 16.1 Å². The molecule has 0 spiro atoms. The van der Waals surface area contributed by atoms with Gasteiger partial charge in [-0.15, -0.1) is 11.6 Å². The van der Waals surface area contributed by atoms with Gasteiger partial charge in [-0.1, -0.05) is 24.3 Å². The normalized spacial score (nSPS) is 12.0. The largest absolute Gasteiger partial charge is 0.497 e. The van der Waals surface area contributed by atoms with Crippen molar-refractivity contribution >= 4 is 17.3 Å². The highest BCUT2D eigenvalue weighted by atomic mass is 35.5. The summed E-state index contributed by atoms with van der Waals surface area (Å²) < 4.78 is 18.9. The average Bonchev–Trinajstić information content (AvgIpc) is 2.47. The quantitative estimate of drug-likeness (QED) is 0.471. The van der Waals surface area contributed by atoms with Crippen molar-refractivity contribution in [2.45, 2.75) is 11.8 Å².